The molecule has 1 N–H and O–H groups in total. The van der Waals surface area contributed by atoms with E-state index in [0.29, 0.717) is 17.1 Å². The average molecular weight is 325 g/mol. The number of rotatable bonds is 4. The number of hydrogen-bond acceptors (Lipinski definition) is 1. The van der Waals surface area contributed by atoms with Gasteiger partial charge in [0.05, 0.1) is 0 Å². The molecule has 2 fully saturated rings. The van der Waals surface area contributed by atoms with Crippen LogP contribution in [0.2, 0.25) is 0 Å². The molecule has 6 aliphatic carbocycles. The van der Waals surface area contributed by atoms with Crippen LogP contribution in [0.1, 0.15) is 124 Å². The summed E-state index contributed by atoms with van der Waals surface area (Å²) in [5.41, 5.74) is 6.82. The van der Waals surface area contributed by atoms with Gasteiger partial charge in [0.15, 0.2) is 0 Å². The Morgan fingerprint density at radius 1 is 0.875 bits per heavy atom. The van der Waals surface area contributed by atoms with Gasteiger partial charge in [0, 0.05) is 5.56 Å². The number of benzene rings is 1. The minimum Gasteiger partial charge on any atom is -0.508 e. The molecule has 0 aliphatic heterocycles. The SMILES string of the molecule is CCCCCC12CCC(CC1)c1c2cc(O)c2c1C1CCC2CC1. The molecule has 1 nitrogen and oxygen atoms in total. The van der Waals surface area contributed by atoms with Gasteiger partial charge in [-0.25, -0.2) is 0 Å². The maximum absolute atomic E-state index is 10.9. The van der Waals surface area contributed by atoms with Crippen LogP contribution in [0.15, 0.2) is 6.07 Å². The molecule has 0 saturated heterocycles. The van der Waals surface area contributed by atoms with E-state index in [2.05, 4.69) is 13.0 Å². The molecule has 0 unspecified atom stereocenters. The zero-order valence-electron chi connectivity index (χ0n) is 15.2. The highest BCUT2D eigenvalue weighted by molar-refractivity contribution is 5.59. The molecule has 0 spiro atoms. The van der Waals surface area contributed by atoms with E-state index in [1.807, 2.05) is 0 Å². The number of unbranched alkanes of at least 4 members (excludes halogenated alkanes) is 2. The van der Waals surface area contributed by atoms with Crippen molar-refractivity contribution < 1.29 is 5.11 Å². The Bertz CT molecular complexity index is 642. The van der Waals surface area contributed by atoms with Crippen LogP contribution in [-0.2, 0) is 5.41 Å². The zero-order valence-corrected chi connectivity index (χ0v) is 15.2. The molecule has 0 radical (unpaired) electrons. The third kappa shape index (κ3) is 1.99. The van der Waals surface area contributed by atoms with Gasteiger partial charge in [0.1, 0.15) is 5.75 Å². The summed E-state index contributed by atoms with van der Waals surface area (Å²) in [5, 5.41) is 10.9. The van der Waals surface area contributed by atoms with Crippen molar-refractivity contribution in [3.05, 3.63) is 28.3 Å². The van der Waals surface area contributed by atoms with Crippen LogP contribution in [0.4, 0.5) is 0 Å². The van der Waals surface area contributed by atoms with Gasteiger partial charge in [-0.15, -0.1) is 0 Å². The molecule has 7 rings (SSSR count). The number of aromatic hydroxyl groups is 1. The molecule has 1 aromatic rings. The smallest absolute Gasteiger partial charge is 0.119 e. The Morgan fingerprint density at radius 3 is 2.17 bits per heavy atom. The van der Waals surface area contributed by atoms with Crippen molar-refractivity contribution in [1.82, 2.24) is 0 Å². The summed E-state index contributed by atoms with van der Waals surface area (Å²) in [7, 11) is 0. The second kappa shape index (κ2) is 5.51. The van der Waals surface area contributed by atoms with Crippen LogP contribution in [-0.4, -0.2) is 5.11 Å². The number of fused-ring (bicyclic) bond motifs is 4. The third-order valence-electron chi connectivity index (χ3n) is 8.15. The highest BCUT2D eigenvalue weighted by Crippen LogP contribution is 2.62. The predicted octanol–water partition coefficient (Wildman–Crippen LogP) is 6.64. The number of phenolic OH excluding ortho intramolecular Hbond substituents is 1. The van der Waals surface area contributed by atoms with E-state index in [0.717, 1.165) is 11.8 Å². The summed E-state index contributed by atoms with van der Waals surface area (Å²) < 4.78 is 0. The Hall–Kier alpha value is -0.980. The number of hydrogen-bond donors (Lipinski definition) is 1. The minimum atomic E-state index is 0.405. The lowest BCUT2D eigenvalue weighted by Gasteiger charge is -2.52. The summed E-state index contributed by atoms with van der Waals surface area (Å²) in [5.74, 6) is 2.90. The fourth-order valence-corrected chi connectivity index (χ4v) is 6.97. The Labute approximate surface area is 146 Å². The normalized spacial score (nSPS) is 35.8. The van der Waals surface area contributed by atoms with Gasteiger partial charge in [-0.05, 0) is 104 Å². The maximum Gasteiger partial charge on any atom is 0.119 e. The van der Waals surface area contributed by atoms with Crippen LogP contribution < -0.4 is 0 Å². The highest BCUT2D eigenvalue weighted by atomic mass is 16.3. The molecule has 6 aliphatic rings. The van der Waals surface area contributed by atoms with Crippen molar-refractivity contribution in [2.75, 3.05) is 0 Å². The Kier molecular flexibility index (Phi) is 3.51. The second-order valence-electron chi connectivity index (χ2n) is 9.24. The van der Waals surface area contributed by atoms with Gasteiger partial charge in [0.2, 0.25) is 0 Å². The first kappa shape index (κ1) is 15.3. The van der Waals surface area contributed by atoms with Crippen molar-refractivity contribution >= 4 is 0 Å². The molecular weight excluding hydrogens is 292 g/mol. The van der Waals surface area contributed by atoms with Crippen molar-refractivity contribution in [1.29, 1.82) is 0 Å². The Balaban J connectivity index is 1.65. The lowest BCUT2D eigenvalue weighted by molar-refractivity contribution is 0.210. The standard InChI is InChI=1S/C23H32O/c1-2-3-4-11-23-12-9-17(10-13-23)20-18(23)14-19(24)21-15-5-7-16(8-6-15)22(20)21/h14-17,24H,2-13H2,1H3. The molecule has 2 saturated carbocycles. The van der Waals surface area contributed by atoms with Gasteiger partial charge in [-0.3, -0.25) is 0 Å². The predicted molar refractivity (Wildman–Crippen MR) is 99.1 cm³/mol. The van der Waals surface area contributed by atoms with Gasteiger partial charge in [-0.1, -0.05) is 26.2 Å². The van der Waals surface area contributed by atoms with Crippen LogP contribution in [0.5, 0.6) is 5.75 Å². The van der Waals surface area contributed by atoms with Crippen LogP contribution >= 0.6 is 0 Å². The molecule has 0 aromatic heterocycles. The molecule has 24 heavy (non-hydrogen) atoms. The van der Waals surface area contributed by atoms with E-state index in [9.17, 15) is 5.11 Å². The number of phenols is 1. The van der Waals surface area contributed by atoms with Crippen molar-refractivity contribution in [3.63, 3.8) is 0 Å². The Morgan fingerprint density at radius 2 is 1.50 bits per heavy atom. The van der Waals surface area contributed by atoms with Crippen molar-refractivity contribution in [2.45, 2.75) is 107 Å². The molecule has 0 heterocycles. The van der Waals surface area contributed by atoms with Crippen molar-refractivity contribution in [2.24, 2.45) is 0 Å². The summed E-state index contributed by atoms with van der Waals surface area (Å²) in [6.07, 6.45) is 16.4. The fourth-order valence-electron chi connectivity index (χ4n) is 6.97. The van der Waals surface area contributed by atoms with Gasteiger partial charge >= 0.3 is 0 Å². The van der Waals surface area contributed by atoms with E-state index in [4.69, 9.17) is 0 Å². The molecule has 4 bridgehead atoms. The average Bonchev–Trinajstić information content (AvgIpc) is 2.64. The minimum absolute atomic E-state index is 0.405. The van der Waals surface area contributed by atoms with Gasteiger partial charge in [-0.2, -0.15) is 0 Å². The summed E-state index contributed by atoms with van der Waals surface area (Å²) >= 11 is 0. The summed E-state index contributed by atoms with van der Waals surface area (Å²) in [6, 6.07) is 2.26. The highest BCUT2D eigenvalue weighted by Gasteiger charge is 2.48. The third-order valence-corrected chi connectivity index (χ3v) is 8.15. The fraction of sp³-hybridized carbons (Fsp3) is 0.739. The first-order valence-electron chi connectivity index (χ1n) is 10.6. The van der Waals surface area contributed by atoms with E-state index in [1.165, 1.54) is 82.6 Å². The lowest BCUT2D eigenvalue weighted by atomic mass is 9.52. The van der Waals surface area contributed by atoms with Gasteiger partial charge < -0.3 is 5.11 Å². The first-order chi connectivity index (χ1) is 11.7. The van der Waals surface area contributed by atoms with E-state index >= 15 is 0 Å². The van der Waals surface area contributed by atoms with Crippen LogP contribution in [0.25, 0.3) is 0 Å². The molecule has 130 valence electrons. The molecule has 1 heteroatoms. The quantitative estimate of drug-likeness (QED) is 0.616. The zero-order chi connectivity index (χ0) is 16.3. The monoisotopic (exact) mass is 324 g/mol. The van der Waals surface area contributed by atoms with E-state index < -0.39 is 0 Å². The van der Waals surface area contributed by atoms with Crippen LogP contribution in [0, 0.1) is 0 Å². The van der Waals surface area contributed by atoms with E-state index in [1.54, 1.807) is 16.7 Å². The first-order valence-corrected chi connectivity index (χ1v) is 10.6. The molecule has 0 atom stereocenters. The molecule has 0 amide bonds. The largest absolute Gasteiger partial charge is 0.508 e. The molecule has 1 aromatic carbocycles. The topological polar surface area (TPSA) is 20.2 Å². The second-order valence-corrected chi connectivity index (χ2v) is 9.24. The van der Waals surface area contributed by atoms with Gasteiger partial charge in [0.25, 0.3) is 0 Å². The summed E-state index contributed by atoms with van der Waals surface area (Å²) in [6.45, 7) is 2.31. The van der Waals surface area contributed by atoms with Crippen LogP contribution in [0.3, 0.4) is 0 Å². The maximum atomic E-state index is 10.9. The van der Waals surface area contributed by atoms with Crippen molar-refractivity contribution in [3.8, 4) is 5.75 Å². The summed E-state index contributed by atoms with van der Waals surface area (Å²) in [4.78, 5) is 0. The molecular formula is C23H32O. The van der Waals surface area contributed by atoms with E-state index in [-0.39, 0.29) is 0 Å². The lowest BCUT2D eigenvalue weighted by Crippen LogP contribution is -2.40.